The number of nitrogens with zero attached hydrogens (tertiary/aromatic N) is 3. The van der Waals surface area contributed by atoms with Gasteiger partial charge in [0.05, 0.1) is 17.5 Å². The van der Waals surface area contributed by atoms with Crippen LogP contribution in [-0.2, 0) is 19.3 Å². The summed E-state index contributed by atoms with van der Waals surface area (Å²) >= 11 is 0. The number of carboxylic acids is 1. The summed E-state index contributed by atoms with van der Waals surface area (Å²) in [5.41, 5.74) is -1.87. The lowest BCUT2D eigenvalue weighted by molar-refractivity contribution is -0.138. The van der Waals surface area contributed by atoms with Gasteiger partial charge in [0.1, 0.15) is 0 Å². The Morgan fingerprint density at radius 3 is 2.42 bits per heavy atom. The molecule has 5 nitrogen and oxygen atoms in total. The van der Waals surface area contributed by atoms with E-state index in [9.17, 15) is 18.0 Å². The van der Waals surface area contributed by atoms with Crippen molar-refractivity contribution in [3.63, 3.8) is 0 Å². The van der Waals surface area contributed by atoms with Crippen LogP contribution in [0.1, 0.15) is 15.9 Å². The van der Waals surface area contributed by atoms with Crippen molar-refractivity contribution in [2.24, 2.45) is 0 Å². The molecule has 2 aromatic rings. The third kappa shape index (κ3) is 2.95. The molecule has 0 atom stereocenters. The number of hydrogen-bond acceptors (Lipinski definition) is 2. The minimum atomic E-state index is -4.67. The normalized spacial score (nSPS) is 11.7. The Kier molecular flexibility index (Phi) is 3.32. The molecule has 0 saturated heterocycles. The zero-order chi connectivity index (χ0) is 14.0. The molecule has 2 aromatic heterocycles. The summed E-state index contributed by atoms with van der Waals surface area (Å²) in [5, 5.41) is 8.77. The average Bonchev–Trinajstić information content (AvgIpc) is 2.94. The molecule has 0 bridgehead atoms. The number of aromatic nitrogens is 3. The van der Waals surface area contributed by atoms with E-state index in [0.29, 0.717) is 6.54 Å². The van der Waals surface area contributed by atoms with Gasteiger partial charge in [-0.15, -0.1) is 0 Å². The third-order valence-corrected chi connectivity index (χ3v) is 2.59. The first-order chi connectivity index (χ1) is 8.88. The number of aromatic carboxylic acids is 1. The van der Waals surface area contributed by atoms with E-state index in [1.54, 1.807) is 17.0 Å². The van der Waals surface area contributed by atoms with Gasteiger partial charge in [0.25, 0.3) is 0 Å². The van der Waals surface area contributed by atoms with E-state index in [1.807, 2.05) is 0 Å². The standard InChI is InChI=1S/C11H10F3N3O2/c12-11(13,14)9-6-17(5-8(9)10(18)19)4-3-16-2-1-15-7-16/h1-2,5-7H,3-4H2,(H,18,19). The average molecular weight is 273 g/mol. The highest BCUT2D eigenvalue weighted by molar-refractivity contribution is 5.89. The fourth-order valence-electron chi connectivity index (χ4n) is 1.68. The number of imidazole rings is 1. The van der Waals surface area contributed by atoms with Crippen LogP contribution in [0, 0.1) is 0 Å². The number of rotatable bonds is 4. The maximum atomic E-state index is 12.6. The maximum Gasteiger partial charge on any atom is 0.418 e. The second kappa shape index (κ2) is 4.79. The van der Waals surface area contributed by atoms with Gasteiger partial charge in [0.15, 0.2) is 0 Å². The molecule has 102 valence electrons. The van der Waals surface area contributed by atoms with Crippen LogP contribution in [0.3, 0.4) is 0 Å². The highest BCUT2D eigenvalue weighted by Crippen LogP contribution is 2.32. The van der Waals surface area contributed by atoms with Gasteiger partial charge in [-0.05, 0) is 0 Å². The molecule has 0 amide bonds. The summed E-state index contributed by atoms with van der Waals surface area (Å²) < 4.78 is 40.8. The Bertz CT molecular complexity index is 573. The zero-order valence-corrected chi connectivity index (χ0v) is 9.63. The Hall–Kier alpha value is -2.25. The quantitative estimate of drug-likeness (QED) is 0.928. The number of halogens is 3. The van der Waals surface area contributed by atoms with Crippen LogP contribution in [0.4, 0.5) is 13.2 Å². The van der Waals surface area contributed by atoms with E-state index in [2.05, 4.69) is 4.98 Å². The molecular weight excluding hydrogens is 263 g/mol. The largest absolute Gasteiger partial charge is 0.478 e. The number of hydrogen-bond donors (Lipinski definition) is 1. The van der Waals surface area contributed by atoms with E-state index in [0.717, 1.165) is 12.4 Å². The third-order valence-electron chi connectivity index (χ3n) is 2.59. The molecule has 19 heavy (non-hydrogen) atoms. The van der Waals surface area contributed by atoms with Crippen LogP contribution in [0.5, 0.6) is 0 Å². The number of carboxylic acid groups (broad SMARTS) is 1. The van der Waals surface area contributed by atoms with Crippen molar-refractivity contribution < 1.29 is 23.1 Å². The van der Waals surface area contributed by atoms with Crippen molar-refractivity contribution in [2.45, 2.75) is 19.3 Å². The Morgan fingerprint density at radius 1 is 1.26 bits per heavy atom. The topological polar surface area (TPSA) is 60.0 Å². The van der Waals surface area contributed by atoms with Crippen LogP contribution in [0.2, 0.25) is 0 Å². The highest BCUT2D eigenvalue weighted by Gasteiger charge is 2.36. The Balaban J connectivity index is 2.20. The van der Waals surface area contributed by atoms with Gasteiger partial charge in [-0.25, -0.2) is 9.78 Å². The van der Waals surface area contributed by atoms with E-state index >= 15 is 0 Å². The minimum absolute atomic E-state index is 0.229. The maximum absolute atomic E-state index is 12.6. The van der Waals surface area contributed by atoms with E-state index < -0.39 is 23.3 Å². The molecule has 0 unspecified atom stereocenters. The lowest BCUT2D eigenvalue weighted by Gasteiger charge is -2.05. The molecule has 2 heterocycles. The molecule has 0 fully saturated rings. The second-order valence-electron chi connectivity index (χ2n) is 3.93. The van der Waals surface area contributed by atoms with Crippen LogP contribution in [0.25, 0.3) is 0 Å². The molecular formula is C11H10F3N3O2. The fraction of sp³-hybridized carbons (Fsp3) is 0.273. The van der Waals surface area contributed by atoms with Crippen LogP contribution >= 0.6 is 0 Å². The molecule has 0 aromatic carbocycles. The summed E-state index contributed by atoms with van der Waals surface area (Å²) in [7, 11) is 0. The SMILES string of the molecule is O=C(O)c1cn(CCn2ccnc2)cc1C(F)(F)F. The van der Waals surface area contributed by atoms with Gasteiger partial charge < -0.3 is 14.2 Å². The van der Waals surface area contributed by atoms with Crippen LogP contribution in [0.15, 0.2) is 31.1 Å². The number of alkyl halides is 3. The van der Waals surface area contributed by atoms with Crippen molar-refractivity contribution in [3.05, 3.63) is 42.2 Å². The Morgan fingerprint density at radius 2 is 1.95 bits per heavy atom. The summed E-state index contributed by atoms with van der Waals surface area (Å²) in [5.74, 6) is -1.59. The first kappa shape index (κ1) is 13.2. The zero-order valence-electron chi connectivity index (χ0n) is 9.63. The molecule has 0 aliphatic heterocycles. The fourth-order valence-corrected chi connectivity index (χ4v) is 1.68. The lowest BCUT2D eigenvalue weighted by atomic mass is 10.2. The second-order valence-corrected chi connectivity index (χ2v) is 3.93. The number of carbonyl (C=O) groups is 1. The first-order valence-corrected chi connectivity index (χ1v) is 5.34. The minimum Gasteiger partial charge on any atom is -0.478 e. The summed E-state index contributed by atoms with van der Waals surface area (Å²) in [6.07, 6.45) is 1.88. The summed E-state index contributed by atoms with van der Waals surface area (Å²) in [4.78, 5) is 14.6. The monoisotopic (exact) mass is 273 g/mol. The van der Waals surface area contributed by atoms with Gasteiger partial charge >= 0.3 is 12.1 Å². The van der Waals surface area contributed by atoms with Crippen molar-refractivity contribution in [2.75, 3.05) is 0 Å². The van der Waals surface area contributed by atoms with Gasteiger partial charge in [-0.1, -0.05) is 0 Å². The van der Waals surface area contributed by atoms with E-state index in [4.69, 9.17) is 5.11 Å². The first-order valence-electron chi connectivity index (χ1n) is 5.34. The molecule has 0 spiro atoms. The smallest absolute Gasteiger partial charge is 0.418 e. The molecule has 1 N–H and O–H groups in total. The highest BCUT2D eigenvalue weighted by atomic mass is 19.4. The molecule has 0 aliphatic carbocycles. The molecule has 0 radical (unpaired) electrons. The summed E-state index contributed by atoms with van der Waals surface area (Å²) in [6, 6.07) is 0. The van der Waals surface area contributed by atoms with Crippen molar-refractivity contribution in [1.82, 2.24) is 14.1 Å². The molecule has 0 saturated carbocycles. The van der Waals surface area contributed by atoms with E-state index in [-0.39, 0.29) is 6.54 Å². The van der Waals surface area contributed by atoms with Crippen molar-refractivity contribution in [3.8, 4) is 0 Å². The van der Waals surface area contributed by atoms with Crippen LogP contribution < -0.4 is 0 Å². The molecule has 0 aliphatic rings. The van der Waals surface area contributed by atoms with Gasteiger partial charge in [-0.2, -0.15) is 13.2 Å². The van der Waals surface area contributed by atoms with Gasteiger partial charge in [0.2, 0.25) is 0 Å². The molecule has 8 heteroatoms. The van der Waals surface area contributed by atoms with Crippen molar-refractivity contribution in [1.29, 1.82) is 0 Å². The molecule has 2 rings (SSSR count). The summed E-state index contributed by atoms with van der Waals surface area (Å²) in [6.45, 7) is 0.637. The predicted octanol–water partition coefficient (Wildman–Crippen LogP) is 2.10. The Labute approximate surface area is 105 Å². The van der Waals surface area contributed by atoms with Crippen molar-refractivity contribution >= 4 is 5.97 Å². The predicted molar refractivity (Wildman–Crippen MR) is 58.6 cm³/mol. The van der Waals surface area contributed by atoms with Gasteiger partial charge in [-0.3, -0.25) is 0 Å². The lowest BCUT2D eigenvalue weighted by Crippen LogP contribution is -2.09. The van der Waals surface area contributed by atoms with Crippen LogP contribution in [-0.4, -0.2) is 25.2 Å². The number of aryl methyl sites for hydroxylation is 2. The van der Waals surface area contributed by atoms with E-state index in [1.165, 1.54) is 10.9 Å². The van der Waals surface area contributed by atoms with Gasteiger partial charge in [0, 0.05) is 37.9 Å².